The molecule has 0 aliphatic carbocycles. The van der Waals surface area contributed by atoms with Crippen LogP contribution in [0.4, 0.5) is 5.69 Å². The highest BCUT2D eigenvalue weighted by Gasteiger charge is 2.25. The van der Waals surface area contributed by atoms with Crippen molar-refractivity contribution in [1.82, 2.24) is 10.6 Å². The van der Waals surface area contributed by atoms with Crippen molar-refractivity contribution >= 4 is 11.6 Å². The Bertz CT molecular complexity index is 774. The smallest absolute Gasteiger partial charge is 0.191 e. The molecule has 0 amide bonds. The maximum absolute atomic E-state index is 5.50. The Morgan fingerprint density at radius 1 is 1.19 bits per heavy atom. The maximum atomic E-state index is 5.50. The van der Waals surface area contributed by atoms with E-state index in [-0.39, 0.29) is 0 Å². The third kappa shape index (κ3) is 4.94. The number of hydrogen-bond acceptors (Lipinski definition) is 3. The van der Waals surface area contributed by atoms with Crippen LogP contribution in [-0.2, 0) is 6.42 Å². The molecule has 0 radical (unpaired) electrons. The molecule has 2 aromatic carbocycles. The van der Waals surface area contributed by atoms with E-state index in [9.17, 15) is 0 Å². The number of nitrogens with zero attached hydrogens (tertiary/aromatic N) is 2. The summed E-state index contributed by atoms with van der Waals surface area (Å²) in [5, 5.41) is 7.00. The summed E-state index contributed by atoms with van der Waals surface area (Å²) in [5.74, 6) is 1.80. The zero-order chi connectivity index (χ0) is 19.1. The van der Waals surface area contributed by atoms with E-state index in [4.69, 9.17) is 4.74 Å². The summed E-state index contributed by atoms with van der Waals surface area (Å²) in [6.07, 6.45) is 2.07. The van der Waals surface area contributed by atoms with Gasteiger partial charge in [0.05, 0.1) is 12.8 Å². The van der Waals surface area contributed by atoms with Crippen LogP contribution in [-0.4, -0.2) is 45.8 Å². The Morgan fingerprint density at radius 2 is 1.96 bits per heavy atom. The fourth-order valence-corrected chi connectivity index (χ4v) is 3.58. The Morgan fingerprint density at radius 3 is 2.74 bits per heavy atom. The molecule has 0 spiro atoms. The standard InChI is InChI=1S/C22H30N4O/c1-17-8-4-5-9-18(17)12-14-24-22(23-2)25-19-13-15-26(16-19)20-10-6-7-11-21(20)27-3/h4-11,19H,12-16H2,1-3H3,(H2,23,24,25). The summed E-state index contributed by atoms with van der Waals surface area (Å²) < 4.78 is 5.50. The van der Waals surface area contributed by atoms with Crippen LogP contribution in [0.2, 0.25) is 0 Å². The summed E-state index contributed by atoms with van der Waals surface area (Å²) in [6, 6.07) is 17.1. The van der Waals surface area contributed by atoms with E-state index in [1.165, 1.54) is 11.1 Å². The summed E-state index contributed by atoms with van der Waals surface area (Å²) in [5.41, 5.74) is 3.88. The Kier molecular flexibility index (Phi) is 6.58. The maximum Gasteiger partial charge on any atom is 0.191 e. The normalized spacial score (nSPS) is 17.1. The van der Waals surface area contributed by atoms with Crippen LogP contribution in [0.3, 0.4) is 0 Å². The number of hydrogen-bond donors (Lipinski definition) is 2. The number of nitrogens with one attached hydrogen (secondary N) is 2. The molecule has 144 valence electrons. The number of aliphatic imine (C=N–C) groups is 1. The molecular weight excluding hydrogens is 336 g/mol. The predicted octanol–water partition coefficient (Wildman–Crippen LogP) is 2.99. The Hall–Kier alpha value is -2.69. The minimum Gasteiger partial charge on any atom is -0.495 e. The second-order valence-corrected chi connectivity index (χ2v) is 6.92. The molecule has 1 saturated heterocycles. The lowest BCUT2D eigenvalue weighted by Crippen LogP contribution is -2.45. The quantitative estimate of drug-likeness (QED) is 0.610. The second kappa shape index (κ2) is 9.31. The van der Waals surface area contributed by atoms with Gasteiger partial charge in [-0.05, 0) is 43.0 Å². The molecule has 1 atom stereocenters. The minimum atomic E-state index is 0.375. The van der Waals surface area contributed by atoms with Crippen molar-refractivity contribution in [2.24, 2.45) is 4.99 Å². The van der Waals surface area contributed by atoms with E-state index in [1.807, 2.05) is 19.2 Å². The first-order valence-electron chi connectivity index (χ1n) is 9.61. The highest BCUT2D eigenvalue weighted by Crippen LogP contribution is 2.30. The van der Waals surface area contributed by atoms with Crippen molar-refractivity contribution in [1.29, 1.82) is 0 Å². The van der Waals surface area contributed by atoms with Crippen LogP contribution in [0.15, 0.2) is 53.5 Å². The van der Waals surface area contributed by atoms with Crippen LogP contribution in [0.25, 0.3) is 0 Å². The van der Waals surface area contributed by atoms with Crippen LogP contribution in [0.5, 0.6) is 5.75 Å². The summed E-state index contributed by atoms with van der Waals surface area (Å²) in [6.45, 7) is 4.98. The molecule has 1 aliphatic rings. The van der Waals surface area contributed by atoms with Gasteiger partial charge < -0.3 is 20.3 Å². The highest BCUT2D eigenvalue weighted by atomic mass is 16.5. The molecule has 2 N–H and O–H groups in total. The predicted molar refractivity (Wildman–Crippen MR) is 113 cm³/mol. The van der Waals surface area contributed by atoms with Gasteiger partial charge in [-0.25, -0.2) is 0 Å². The first-order chi connectivity index (χ1) is 13.2. The minimum absolute atomic E-state index is 0.375. The lowest BCUT2D eigenvalue weighted by Gasteiger charge is -2.22. The molecule has 3 rings (SSSR count). The van der Waals surface area contributed by atoms with Gasteiger partial charge in [0.15, 0.2) is 5.96 Å². The number of guanidine groups is 1. The van der Waals surface area contributed by atoms with Crippen LogP contribution in [0.1, 0.15) is 17.5 Å². The zero-order valence-corrected chi connectivity index (χ0v) is 16.5. The van der Waals surface area contributed by atoms with E-state index >= 15 is 0 Å². The monoisotopic (exact) mass is 366 g/mol. The van der Waals surface area contributed by atoms with Crippen LogP contribution in [0, 0.1) is 6.92 Å². The number of anilines is 1. The number of aryl methyl sites for hydroxylation is 1. The molecule has 1 unspecified atom stereocenters. The second-order valence-electron chi connectivity index (χ2n) is 6.92. The van der Waals surface area contributed by atoms with Crippen LogP contribution < -0.4 is 20.3 Å². The van der Waals surface area contributed by atoms with Gasteiger partial charge >= 0.3 is 0 Å². The van der Waals surface area contributed by atoms with Gasteiger partial charge in [-0.15, -0.1) is 0 Å². The molecule has 2 aromatic rings. The largest absolute Gasteiger partial charge is 0.495 e. The van der Waals surface area contributed by atoms with E-state index in [2.05, 4.69) is 63.8 Å². The van der Waals surface area contributed by atoms with Crippen molar-refractivity contribution in [2.45, 2.75) is 25.8 Å². The number of para-hydroxylation sites is 2. The fourth-order valence-electron chi connectivity index (χ4n) is 3.58. The Labute approximate surface area is 162 Å². The van der Waals surface area contributed by atoms with E-state index in [0.717, 1.165) is 49.9 Å². The zero-order valence-electron chi connectivity index (χ0n) is 16.5. The van der Waals surface area contributed by atoms with Gasteiger partial charge in [0.1, 0.15) is 5.75 Å². The molecule has 0 bridgehead atoms. The molecule has 1 aliphatic heterocycles. The molecule has 1 heterocycles. The van der Waals surface area contributed by atoms with Crippen LogP contribution >= 0.6 is 0 Å². The lowest BCUT2D eigenvalue weighted by molar-refractivity contribution is 0.415. The number of benzene rings is 2. The lowest BCUT2D eigenvalue weighted by atomic mass is 10.1. The van der Waals surface area contributed by atoms with Gasteiger partial charge in [-0.3, -0.25) is 4.99 Å². The van der Waals surface area contributed by atoms with Crippen molar-refractivity contribution in [2.75, 3.05) is 38.7 Å². The molecule has 1 fully saturated rings. The average Bonchev–Trinajstić information content (AvgIpc) is 3.17. The first kappa shape index (κ1) is 19.1. The highest BCUT2D eigenvalue weighted by molar-refractivity contribution is 5.80. The fraction of sp³-hybridized carbons (Fsp3) is 0.409. The van der Waals surface area contributed by atoms with Crippen molar-refractivity contribution in [3.63, 3.8) is 0 Å². The van der Waals surface area contributed by atoms with E-state index in [0.29, 0.717) is 6.04 Å². The summed E-state index contributed by atoms with van der Waals surface area (Å²) in [7, 11) is 3.56. The average molecular weight is 367 g/mol. The first-order valence-corrected chi connectivity index (χ1v) is 9.61. The molecular formula is C22H30N4O. The van der Waals surface area contributed by atoms with Gasteiger partial charge in [-0.2, -0.15) is 0 Å². The molecule has 0 aromatic heterocycles. The van der Waals surface area contributed by atoms with Gasteiger partial charge in [0.2, 0.25) is 0 Å². The van der Waals surface area contributed by atoms with Crippen molar-refractivity contribution in [3.05, 3.63) is 59.7 Å². The van der Waals surface area contributed by atoms with Crippen molar-refractivity contribution < 1.29 is 4.74 Å². The Balaban J connectivity index is 1.50. The molecule has 0 saturated carbocycles. The van der Waals surface area contributed by atoms with E-state index < -0.39 is 0 Å². The molecule has 5 heteroatoms. The van der Waals surface area contributed by atoms with E-state index in [1.54, 1.807) is 7.11 Å². The SMILES string of the molecule is CN=C(NCCc1ccccc1C)NC1CCN(c2ccccc2OC)C1. The molecule has 27 heavy (non-hydrogen) atoms. The number of ether oxygens (including phenoxy) is 1. The third-order valence-electron chi connectivity index (χ3n) is 5.13. The molecule has 5 nitrogen and oxygen atoms in total. The van der Waals surface area contributed by atoms with Gasteiger partial charge in [0.25, 0.3) is 0 Å². The van der Waals surface area contributed by atoms with Gasteiger partial charge in [0, 0.05) is 32.7 Å². The number of methoxy groups -OCH3 is 1. The summed E-state index contributed by atoms with van der Waals surface area (Å²) in [4.78, 5) is 6.76. The topological polar surface area (TPSA) is 48.9 Å². The van der Waals surface area contributed by atoms with Gasteiger partial charge in [-0.1, -0.05) is 36.4 Å². The van der Waals surface area contributed by atoms with Crippen molar-refractivity contribution in [3.8, 4) is 5.75 Å². The number of rotatable bonds is 6. The summed E-state index contributed by atoms with van der Waals surface area (Å²) >= 11 is 0. The third-order valence-corrected chi connectivity index (χ3v) is 5.13.